The number of allylic oxidation sites excluding steroid dienone is 2. The van der Waals surface area contributed by atoms with Crippen LogP contribution in [0.3, 0.4) is 0 Å². The third kappa shape index (κ3) is 2.28. The van der Waals surface area contributed by atoms with E-state index in [0.717, 1.165) is 23.9 Å². The Morgan fingerprint density at radius 2 is 2.00 bits per heavy atom. The van der Waals surface area contributed by atoms with Gasteiger partial charge in [0.2, 0.25) is 0 Å². The van der Waals surface area contributed by atoms with Crippen LogP contribution >= 0.6 is 0 Å². The molecule has 0 radical (unpaired) electrons. The number of likely N-dealkylation sites (tertiary alicyclic amines) is 1. The van der Waals surface area contributed by atoms with Crippen molar-refractivity contribution in [1.82, 2.24) is 4.90 Å². The first-order valence-electron chi connectivity index (χ1n) is 6.53. The Bertz CT molecular complexity index is 252. The lowest BCUT2D eigenvalue weighted by Gasteiger charge is -2.53. The summed E-state index contributed by atoms with van der Waals surface area (Å²) in [5.41, 5.74) is 1.73. The average molecular weight is 207 g/mol. The molecule has 2 rings (SSSR count). The van der Waals surface area contributed by atoms with Crippen molar-refractivity contribution in [2.45, 2.75) is 59.0 Å². The van der Waals surface area contributed by atoms with Gasteiger partial charge in [-0.3, -0.25) is 4.90 Å². The van der Waals surface area contributed by atoms with Gasteiger partial charge in [0.1, 0.15) is 0 Å². The maximum atomic E-state index is 2.68. The van der Waals surface area contributed by atoms with Gasteiger partial charge in [-0.2, -0.15) is 0 Å². The van der Waals surface area contributed by atoms with E-state index < -0.39 is 0 Å². The molecule has 0 bridgehead atoms. The first kappa shape index (κ1) is 11.2. The Hall–Kier alpha value is -0.300. The average Bonchev–Trinajstić information content (AvgIpc) is 2.07. The number of fused-ring (bicyclic) bond motifs is 1. The molecule has 2 unspecified atom stereocenters. The number of hydrogen-bond acceptors (Lipinski definition) is 1. The minimum Gasteiger partial charge on any atom is -0.297 e. The van der Waals surface area contributed by atoms with Crippen LogP contribution in [0.4, 0.5) is 0 Å². The van der Waals surface area contributed by atoms with Crippen molar-refractivity contribution >= 4 is 0 Å². The lowest BCUT2D eigenvalue weighted by Crippen LogP contribution is -2.60. The second kappa shape index (κ2) is 4.29. The molecule has 2 aliphatic rings. The molecule has 1 saturated heterocycles. The molecule has 0 aromatic carbocycles. The summed E-state index contributed by atoms with van der Waals surface area (Å²) < 4.78 is 0. The van der Waals surface area contributed by atoms with E-state index >= 15 is 0 Å². The molecule has 86 valence electrons. The highest BCUT2D eigenvalue weighted by Gasteiger charge is 2.42. The quantitative estimate of drug-likeness (QED) is 0.627. The van der Waals surface area contributed by atoms with Crippen LogP contribution < -0.4 is 0 Å². The van der Waals surface area contributed by atoms with Crippen LogP contribution in [0.2, 0.25) is 0 Å². The highest BCUT2D eigenvalue weighted by atomic mass is 15.2. The predicted octanol–water partition coefficient (Wildman–Crippen LogP) is 3.46. The van der Waals surface area contributed by atoms with Gasteiger partial charge in [-0.05, 0) is 44.9 Å². The van der Waals surface area contributed by atoms with E-state index in [1.165, 1.54) is 25.8 Å². The van der Waals surface area contributed by atoms with Crippen LogP contribution in [-0.2, 0) is 0 Å². The van der Waals surface area contributed by atoms with Crippen LogP contribution in [0.1, 0.15) is 47.0 Å². The van der Waals surface area contributed by atoms with Gasteiger partial charge in [-0.1, -0.05) is 25.5 Å². The van der Waals surface area contributed by atoms with Crippen molar-refractivity contribution in [2.24, 2.45) is 11.8 Å². The van der Waals surface area contributed by atoms with E-state index in [1.54, 1.807) is 5.57 Å². The molecule has 0 N–H and O–H groups in total. The molecule has 0 amide bonds. The number of nitrogens with zero attached hydrogens (tertiary/aromatic N) is 1. The van der Waals surface area contributed by atoms with E-state index in [-0.39, 0.29) is 0 Å². The highest BCUT2D eigenvalue weighted by Crippen LogP contribution is 2.40. The van der Waals surface area contributed by atoms with Gasteiger partial charge >= 0.3 is 0 Å². The Morgan fingerprint density at radius 1 is 1.27 bits per heavy atom. The Morgan fingerprint density at radius 3 is 2.53 bits per heavy atom. The van der Waals surface area contributed by atoms with E-state index in [0.29, 0.717) is 0 Å². The van der Waals surface area contributed by atoms with Gasteiger partial charge in [-0.15, -0.1) is 0 Å². The summed E-state index contributed by atoms with van der Waals surface area (Å²) >= 11 is 0. The molecule has 1 aliphatic heterocycles. The molecular weight excluding hydrogens is 182 g/mol. The van der Waals surface area contributed by atoms with Crippen molar-refractivity contribution in [1.29, 1.82) is 0 Å². The molecule has 0 aromatic heterocycles. The minimum atomic E-state index is 0.734. The summed E-state index contributed by atoms with van der Waals surface area (Å²) in [6, 6.07) is 1.66. The summed E-state index contributed by atoms with van der Waals surface area (Å²) in [5, 5.41) is 0. The van der Waals surface area contributed by atoms with E-state index in [4.69, 9.17) is 0 Å². The molecule has 2 atom stereocenters. The third-order valence-electron chi connectivity index (χ3n) is 3.93. The fourth-order valence-corrected chi connectivity index (χ4v) is 3.25. The van der Waals surface area contributed by atoms with Gasteiger partial charge in [0.15, 0.2) is 0 Å². The van der Waals surface area contributed by atoms with Crippen LogP contribution in [0.15, 0.2) is 11.6 Å². The van der Waals surface area contributed by atoms with Crippen molar-refractivity contribution in [2.75, 3.05) is 6.54 Å². The van der Waals surface area contributed by atoms with Crippen LogP contribution in [0.5, 0.6) is 0 Å². The first-order chi connectivity index (χ1) is 7.08. The lowest BCUT2D eigenvalue weighted by molar-refractivity contribution is -0.0260. The molecule has 1 nitrogen and oxygen atoms in total. The topological polar surface area (TPSA) is 3.24 Å². The molecule has 1 heterocycles. The fraction of sp³-hybridized carbons (Fsp3) is 0.857. The second-order valence-corrected chi connectivity index (χ2v) is 5.93. The molecule has 1 aliphatic carbocycles. The number of hydrogen-bond donors (Lipinski definition) is 0. The minimum absolute atomic E-state index is 0.734. The standard InChI is InChI=1S/C14H25N/c1-10(2)7-12-5-6-14-13(8-12)9-15(14)11(3)4/h7,10-11,13-14H,5-6,8-9H2,1-4H3/b12-7+. The molecule has 0 spiro atoms. The Balaban J connectivity index is 1.91. The predicted molar refractivity (Wildman–Crippen MR) is 65.9 cm³/mol. The van der Waals surface area contributed by atoms with Gasteiger partial charge in [0.25, 0.3) is 0 Å². The SMILES string of the molecule is CC(C)/C=C1\CCC2C(C1)CN2C(C)C. The van der Waals surface area contributed by atoms with Crippen molar-refractivity contribution in [3.8, 4) is 0 Å². The monoisotopic (exact) mass is 207 g/mol. The molecule has 2 fully saturated rings. The smallest absolute Gasteiger partial charge is 0.0145 e. The van der Waals surface area contributed by atoms with Crippen molar-refractivity contribution in [3.63, 3.8) is 0 Å². The normalized spacial score (nSPS) is 34.7. The van der Waals surface area contributed by atoms with Crippen LogP contribution in [0.25, 0.3) is 0 Å². The zero-order chi connectivity index (χ0) is 11.0. The summed E-state index contributed by atoms with van der Waals surface area (Å²) in [6.07, 6.45) is 6.63. The van der Waals surface area contributed by atoms with Crippen molar-refractivity contribution < 1.29 is 0 Å². The summed E-state index contributed by atoms with van der Waals surface area (Å²) in [5.74, 6) is 1.71. The van der Waals surface area contributed by atoms with Gasteiger partial charge in [0.05, 0.1) is 0 Å². The van der Waals surface area contributed by atoms with E-state index in [9.17, 15) is 0 Å². The van der Waals surface area contributed by atoms with Gasteiger partial charge < -0.3 is 0 Å². The van der Waals surface area contributed by atoms with Crippen molar-refractivity contribution in [3.05, 3.63) is 11.6 Å². The number of rotatable bonds is 2. The van der Waals surface area contributed by atoms with E-state index in [1.807, 2.05) is 0 Å². The van der Waals surface area contributed by atoms with E-state index in [2.05, 4.69) is 38.7 Å². The van der Waals surface area contributed by atoms with Gasteiger partial charge in [-0.25, -0.2) is 0 Å². The Kier molecular flexibility index (Phi) is 3.20. The third-order valence-corrected chi connectivity index (χ3v) is 3.93. The maximum Gasteiger partial charge on any atom is 0.0145 e. The maximum absolute atomic E-state index is 2.68. The molecule has 1 saturated carbocycles. The lowest BCUT2D eigenvalue weighted by atomic mass is 9.73. The van der Waals surface area contributed by atoms with Gasteiger partial charge in [0, 0.05) is 18.6 Å². The summed E-state index contributed by atoms with van der Waals surface area (Å²) in [7, 11) is 0. The highest BCUT2D eigenvalue weighted by molar-refractivity contribution is 5.13. The molecule has 1 heteroatoms. The Labute approximate surface area is 94.5 Å². The zero-order valence-corrected chi connectivity index (χ0v) is 10.7. The van der Waals surface area contributed by atoms with Crippen LogP contribution in [-0.4, -0.2) is 23.5 Å². The molecular formula is C14H25N. The summed E-state index contributed by atoms with van der Waals surface area (Å²) in [4.78, 5) is 2.68. The molecule has 15 heavy (non-hydrogen) atoms. The summed E-state index contributed by atoms with van der Waals surface area (Å²) in [6.45, 7) is 10.6. The fourth-order valence-electron chi connectivity index (χ4n) is 3.25. The zero-order valence-electron chi connectivity index (χ0n) is 10.7. The van der Waals surface area contributed by atoms with Crippen LogP contribution in [0, 0.1) is 11.8 Å². The largest absolute Gasteiger partial charge is 0.297 e. The first-order valence-corrected chi connectivity index (χ1v) is 6.53. The molecule has 0 aromatic rings. The second-order valence-electron chi connectivity index (χ2n) is 5.93.